The Kier molecular flexibility index (Phi) is 6.22. The summed E-state index contributed by atoms with van der Waals surface area (Å²) in [6, 6.07) is 19.9. The molecule has 0 radical (unpaired) electrons. The van der Waals surface area contributed by atoms with Crippen molar-refractivity contribution in [3.63, 3.8) is 0 Å². The zero-order chi connectivity index (χ0) is 19.1. The third kappa shape index (κ3) is 5.69. The van der Waals surface area contributed by atoms with Crippen LogP contribution in [0.25, 0.3) is 0 Å². The largest absolute Gasteiger partial charge is 0.497 e. The predicted octanol–water partition coefficient (Wildman–Crippen LogP) is 4.63. The van der Waals surface area contributed by atoms with Crippen LogP contribution in [-0.4, -0.2) is 17.2 Å². The molecule has 0 saturated heterocycles. The molecule has 1 heterocycles. The number of rotatable bonds is 6. The first-order valence-corrected chi connectivity index (χ1v) is 9.01. The van der Waals surface area contributed by atoms with Crippen LogP contribution in [0, 0.1) is 6.92 Å². The van der Waals surface area contributed by atoms with Gasteiger partial charge in [0.15, 0.2) is 5.11 Å². The summed E-state index contributed by atoms with van der Waals surface area (Å²) >= 11 is 5.34. The minimum atomic E-state index is 0.548. The molecule has 5 nitrogen and oxygen atoms in total. The lowest BCUT2D eigenvalue weighted by Crippen LogP contribution is -2.27. The smallest absolute Gasteiger partial charge is 0.171 e. The number of anilines is 3. The zero-order valence-corrected chi connectivity index (χ0v) is 16.1. The van der Waals surface area contributed by atoms with E-state index >= 15 is 0 Å². The molecule has 0 aliphatic heterocycles. The number of benzene rings is 2. The van der Waals surface area contributed by atoms with Crippen LogP contribution in [0.1, 0.15) is 11.1 Å². The maximum Gasteiger partial charge on any atom is 0.171 e. The van der Waals surface area contributed by atoms with Gasteiger partial charge in [-0.05, 0) is 61.1 Å². The van der Waals surface area contributed by atoms with Crippen LogP contribution in [0.4, 0.5) is 17.2 Å². The Bertz CT molecular complexity index is 878. The highest BCUT2D eigenvalue weighted by atomic mass is 32.1. The molecule has 0 saturated carbocycles. The fourth-order valence-electron chi connectivity index (χ4n) is 2.43. The molecule has 0 atom stereocenters. The molecule has 2 aromatic carbocycles. The van der Waals surface area contributed by atoms with E-state index in [4.69, 9.17) is 17.0 Å². The van der Waals surface area contributed by atoms with Gasteiger partial charge in [0.1, 0.15) is 11.6 Å². The summed E-state index contributed by atoms with van der Waals surface area (Å²) in [5.74, 6) is 1.62. The molecule has 0 spiro atoms. The summed E-state index contributed by atoms with van der Waals surface area (Å²) in [6.45, 7) is 2.70. The van der Waals surface area contributed by atoms with Gasteiger partial charge in [-0.2, -0.15) is 0 Å². The molecule has 27 heavy (non-hydrogen) atoms. The lowest BCUT2D eigenvalue weighted by Gasteiger charge is -2.11. The average molecular weight is 379 g/mol. The summed E-state index contributed by atoms with van der Waals surface area (Å²) in [5.41, 5.74) is 4.18. The van der Waals surface area contributed by atoms with E-state index in [1.165, 1.54) is 5.56 Å². The van der Waals surface area contributed by atoms with Gasteiger partial charge in [0.2, 0.25) is 0 Å². The number of pyridine rings is 1. The van der Waals surface area contributed by atoms with Gasteiger partial charge >= 0.3 is 0 Å². The van der Waals surface area contributed by atoms with E-state index in [9.17, 15) is 0 Å². The van der Waals surface area contributed by atoms with E-state index in [1.807, 2.05) is 48.5 Å². The summed E-state index contributed by atoms with van der Waals surface area (Å²) in [4.78, 5) is 4.41. The number of hydrogen-bond donors (Lipinski definition) is 3. The number of methoxy groups -OCH3 is 1. The molecule has 0 aliphatic carbocycles. The summed E-state index contributed by atoms with van der Waals surface area (Å²) < 4.78 is 5.16. The molecular formula is C21H22N4OS. The van der Waals surface area contributed by atoms with Gasteiger partial charge in [0.25, 0.3) is 0 Å². The maximum atomic E-state index is 5.34. The summed E-state index contributed by atoms with van der Waals surface area (Å²) in [6.07, 6.45) is 1.75. The normalized spacial score (nSPS) is 10.1. The molecule has 138 valence electrons. The van der Waals surface area contributed by atoms with Crippen molar-refractivity contribution in [1.29, 1.82) is 0 Å². The monoisotopic (exact) mass is 378 g/mol. The quantitative estimate of drug-likeness (QED) is 0.544. The van der Waals surface area contributed by atoms with Gasteiger partial charge in [-0.15, -0.1) is 0 Å². The number of aromatic nitrogens is 1. The minimum Gasteiger partial charge on any atom is -0.497 e. The van der Waals surface area contributed by atoms with Crippen LogP contribution < -0.4 is 20.7 Å². The molecule has 0 unspecified atom stereocenters. The number of hydrogen-bond acceptors (Lipinski definition) is 4. The van der Waals surface area contributed by atoms with Crippen molar-refractivity contribution in [3.05, 3.63) is 78.0 Å². The highest BCUT2D eigenvalue weighted by molar-refractivity contribution is 7.80. The van der Waals surface area contributed by atoms with E-state index in [0.717, 1.165) is 28.5 Å². The van der Waals surface area contributed by atoms with E-state index in [-0.39, 0.29) is 0 Å². The first kappa shape index (κ1) is 18.7. The molecule has 6 heteroatoms. The second-order valence-corrected chi connectivity index (χ2v) is 6.49. The number of ether oxygens (including phenoxy) is 1. The topological polar surface area (TPSA) is 58.2 Å². The van der Waals surface area contributed by atoms with Crippen molar-refractivity contribution in [2.24, 2.45) is 0 Å². The molecule has 0 fully saturated rings. The average Bonchev–Trinajstić information content (AvgIpc) is 2.70. The van der Waals surface area contributed by atoms with Crippen LogP contribution in [0.5, 0.6) is 5.75 Å². The Hall–Kier alpha value is -3.12. The lowest BCUT2D eigenvalue weighted by atomic mass is 10.2. The fourth-order valence-corrected chi connectivity index (χ4v) is 2.62. The highest BCUT2D eigenvalue weighted by Gasteiger charge is 2.01. The molecule has 0 aliphatic rings. The molecule has 3 N–H and O–H groups in total. The predicted molar refractivity (Wildman–Crippen MR) is 115 cm³/mol. The SMILES string of the molecule is COc1ccc(CNC(=S)Nc2ccc(Nc3ccc(C)cc3)nc2)cc1. The minimum absolute atomic E-state index is 0.548. The van der Waals surface area contributed by atoms with Crippen molar-refractivity contribution in [3.8, 4) is 5.75 Å². The second kappa shape index (κ2) is 9.00. The third-order valence-corrected chi connectivity index (χ3v) is 4.20. The van der Waals surface area contributed by atoms with Crippen LogP contribution in [-0.2, 0) is 6.54 Å². The Morgan fingerprint density at radius 3 is 2.30 bits per heavy atom. The van der Waals surface area contributed by atoms with Gasteiger partial charge in [-0.3, -0.25) is 0 Å². The number of aryl methyl sites for hydroxylation is 1. The standard InChI is InChI=1S/C21H22N4OS/c1-15-3-7-17(8-4-15)24-20-12-9-18(14-22-20)25-21(27)23-13-16-5-10-19(26-2)11-6-16/h3-12,14H,13H2,1-2H3,(H,22,24)(H2,23,25,27). The Balaban J connectivity index is 1.49. The molecule has 0 bridgehead atoms. The van der Waals surface area contributed by atoms with E-state index in [1.54, 1.807) is 13.3 Å². The van der Waals surface area contributed by atoms with Gasteiger partial charge in [0, 0.05) is 12.2 Å². The van der Waals surface area contributed by atoms with Crippen LogP contribution in [0.3, 0.4) is 0 Å². The fraction of sp³-hybridized carbons (Fsp3) is 0.143. The maximum absolute atomic E-state index is 5.34. The van der Waals surface area contributed by atoms with Gasteiger partial charge in [-0.1, -0.05) is 29.8 Å². The van der Waals surface area contributed by atoms with E-state index in [2.05, 4.69) is 40.0 Å². The molecule has 1 aromatic heterocycles. The second-order valence-electron chi connectivity index (χ2n) is 6.08. The molecule has 3 rings (SSSR count). The number of nitrogens with one attached hydrogen (secondary N) is 3. The lowest BCUT2D eigenvalue weighted by molar-refractivity contribution is 0.414. The van der Waals surface area contributed by atoms with E-state index < -0.39 is 0 Å². The van der Waals surface area contributed by atoms with Crippen molar-refractivity contribution >= 4 is 34.5 Å². The van der Waals surface area contributed by atoms with Crippen molar-refractivity contribution < 1.29 is 4.74 Å². The first-order valence-electron chi connectivity index (χ1n) is 8.60. The Morgan fingerprint density at radius 1 is 0.963 bits per heavy atom. The van der Waals surface area contributed by atoms with Crippen LogP contribution >= 0.6 is 12.2 Å². The van der Waals surface area contributed by atoms with Gasteiger partial charge in [0.05, 0.1) is 19.0 Å². The Labute approximate surface area is 164 Å². The zero-order valence-electron chi connectivity index (χ0n) is 15.3. The van der Waals surface area contributed by atoms with Crippen LogP contribution in [0.15, 0.2) is 66.9 Å². The number of thiocarbonyl (C=S) groups is 1. The van der Waals surface area contributed by atoms with Gasteiger partial charge < -0.3 is 20.7 Å². The van der Waals surface area contributed by atoms with Crippen molar-refractivity contribution in [2.75, 3.05) is 17.7 Å². The third-order valence-electron chi connectivity index (χ3n) is 3.96. The Morgan fingerprint density at radius 2 is 1.67 bits per heavy atom. The molecule has 0 amide bonds. The van der Waals surface area contributed by atoms with Crippen molar-refractivity contribution in [2.45, 2.75) is 13.5 Å². The molecular weight excluding hydrogens is 356 g/mol. The highest BCUT2D eigenvalue weighted by Crippen LogP contribution is 2.17. The van der Waals surface area contributed by atoms with E-state index in [0.29, 0.717) is 11.7 Å². The van der Waals surface area contributed by atoms with Crippen LogP contribution in [0.2, 0.25) is 0 Å². The van der Waals surface area contributed by atoms with Gasteiger partial charge in [-0.25, -0.2) is 4.98 Å². The molecule has 3 aromatic rings. The number of nitrogens with zero attached hydrogens (tertiary/aromatic N) is 1. The first-order chi connectivity index (χ1) is 13.1. The summed E-state index contributed by atoms with van der Waals surface area (Å²) in [7, 11) is 1.65. The van der Waals surface area contributed by atoms with Crippen molar-refractivity contribution in [1.82, 2.24) is 10.3 Å². The summed E-state index contributed by atoms with van der Waals surface area (Å²) in [5, 5.41) is 10.1.